The van der Waals surface area contributed by atoms with Crippen LogP contribution in [0.4, 0.5) is 0 Å². The van der Waals surface area contributed by atoms with Crippen LogP contribution in [0.15, 0.2) is 0 Å². The predicted octanol–water partition coefficient (Wildman–Crippen LogP) is 3.14. The molecule has 0 aromatic carbocycles. The second kappa shape index (κ2) is 11.5. The van der Waals surface area contributed by atoms with Gasteiger partial charge in [-0.05, 0) is 12.8 Å². The summed E-state index contributed by atoms with van der Waals surface area (Å²) in [5.74, 6) is 0. The highest BCUT2D eigenvalue weighted by Gasteiger charge is 1.95. The van der Waals surface area contributed by atoms with Crippen molar-refractivity contribution in [1.82, 2.24) is 0 Å². The van der Waals surface area contributed by atoms with Crippen LogP contribution in [-0.2, 0) is 4.74 Å². The van der Waals surface area contributed by atoms with Gasteiger partial charge in [0.05, 0.1) is 0 Å². The molecule has 0 unspecified atom stereocenters. The van der Waals surface area contributed by atoms with Gasteiger partial charge >= 0.3 is 0 Å². The smallest absolute Gasteiger partial charge is 0.198 e. The van der Waals surface area contributed by atoms with Crippen molar-refractivity contribution in [2.75, 3.05) is 13.2 Å². The molecule has 1 aliphatic rings. The molecule has 0 aromatic heterocycles. The van der Waals surface area contributed by atoms with Gasteiger partial charge < -0.3 is 4.74 Å². The number of ether oxygens (including phenoxy) is 1. The first-order valence-electron chi connectivity index (χ1n) is 5.31. The van der Waals surface area contributed by atoms with Gasteiger partial charge in [0.2, 0.25) is 0 Å². The Bertz CT molecular complexity index is 54.6. The Morgan fingerprint density at radius 3 is 1.75 bits per heavy atom. The second-order valence-electron chi connectivity index (χ2n) is 3.13. The van der Waals surface area contributed by atoms with Crippen LogP contribution in [0.5, 0.6) is 0 Å². The molecule has 0 atom stereocenters. The van der Waals surface area contributed by atoms with E-state index >= 15 is 0 Å². The first-order chi connectivity index (χ1) is 5.91. The third-order valence-corrected chi connectivity index (χ3v) is 3.06. The van der Waals surface area contributed by atoms with Crippen molar-refractivity contribution < 1.29 is 4.74 Å². The summed E-state index contributed by atoms with van der Waals surface area (Å²) in [5, 5.41) is 2.85. The Morgan fingerprint density at radius 1 is 0.917 bits per heavy atom. The molecule has 1 rings (SSSR count). The molecular formula is C10H22AlO. The highest BCUT2D eigenvalue weighted by molar-refractivity contribution is 6.34. The molecule has 0 aromatic rings. The molecule has 0 amide bonds. The number of rotatable bonds is 2. The predicted molar refractivity (Wildman–Crippen MR) is 56.0 cm³/mol. The van der Waals surface area contributed by atoms with Crippen LogP contribution in [0, 0.1) is 0 Å². The fourth-order valence-corrected chi connectivity index (χ4v) is 1.73. The minimum atomic E-state index is 0.815. The maximum atomic E-state index is 5.19. The van der Waals surface area contributed by atoms with Gasteiger partial charge in [-0.2, -0.15) is 0 Å². The molecule has 1 aliphatic heterocycles. The maximum Gasteiger partial charge on any atom is 0.198 e. The minimum absolute atomic E-state index is 0.815. The van der Waals surface area contributed by atoms with Crippen molar-refractivity contribution in [3.8, 4) is 0 Å². The first kappa shape index (κ1) is 12.5. The van der Waals surface area contributed by atoms with E-state index in [4.69, 9.17) is 4.74 Å². The van der Waals surface area contributed by atoms with Crippen LogP contribution in [0.3, 0.4) is 0 Å². The summed E-state index contributed by atoms with van der Waals surface area (Å²) in [4.78, 5) is 0. The second-order valence-corrected chi connectivity index (χ2v) is 5.34. The van der Waals surface area contributed by atoms with Crippen LogP contribution in [0.25, 0.3) is 0 Å². The van der Waals surface area contributed by atoms with Crippen LogP contribution in [0.2, 0.25) is 10.6 Å². The van der Waals surface area contributed by atoms with Gasteiger partial charge in [0.25, 0.3) is 0 Å². The van der Waals surface area contributed by atoms with E-state index in [1.54, 1.807) is 0 Å². The van der Waals surface area contributed by atoms with Crippen molar-refractivity contribution in [3.05, 3.63) is 0 Å². The van der Waals surface area contributed by atoms with Gasteiger partial charge in [0.15, 0.2) is 15.2 Å². The molecule has 1 saturated heterocycles. The first-order valence-corrected chi connectivity index (χ1v) is 6.94. The van der Waals surface area contributed by atoms with Crippen molar-refractivity contribution in [3.63, 3.8) is 0 Å². The van der Waals surface area contributed by atoms with Gasteiger partial charge in [-0.3, -0.25) is 0 Å². The van der Waals surface area contributed by atoms with E-state index in [1.807, 2.05) is 0 Å². The Kier molecular flexibility index (Phi) is 12.0. The summed E-state index contributed by atoms with van der Waals surface area (Å²) < 4.78 is 5.19. The largest absolute Gasteiger partial charge is 0.381 e. The Morgan fingerprint density at radius 2 is 1.42 bits per heavy atom. The van der Waals surface area contributed by atoms with Gasteiger partial charge in [0, 0.05) is 13.2 Å². The molecule has 1 heterocycles. The van der Waals surface area contributed by atoms with E-state index in [2.05, 4.69) is 13.8 Å². The van der Waals surface area contributed by atoms with E-state index in [1.165, 1.54) is 36.2 Å². The van der Waals surface area contributed by atoms with Crippen molar-refractivity contribution in [1.29, 1.82) is 0 Å². The van der Waals surface area contributed by atoms with Crippen LogP contribution < -0.4 is 0 Å². The lowest BCUT2D eigenvalue weighted by Gasteiger charge is -1.91. The third kappa shape index (κ3) is 10.5. The van der Waals surface area contributed by atoms with Gasteiger partial charge in [-0.1, -0.05) is 26.7 Å². The lowest BCUT2D eigenvalue weighted by molar-refractivity contribution is 0.144. The molecule has 71 valence electrons. The average Bonchev–Trinajstić information content (AvgIpc) is 2.37. The molecule has 1 nitrogen and oxygen atoms in total. The summed E-state index contributed by atoms with van der Waals surface area (Å²) in [6, 6.07) is 0. The van der Waals surface area contributed by atoms with E-state index in [-0.39, 0.29) is 0 Å². The number of hydrogen-bond donors (Lipinski definition) is 0. The molecule has 1 fully saturated rings. The average molecular weight is 185 g/mol. The fourth-order valence-electron chi connectivity index (χ4n) is 1.15. The molecule has 0 spiro atoms. The minimum Gasteiger partial charge on any atom is -0.381 e. The molecule has 1 radical (unpaired) electrons. The zero-order valence-corrected chi connectivity index (χ0v) is 9.80. The molecule has 2 heteroatoms. The van der Waals surface area contributed by atoms with Gasteiger partial charge in [0.1, 0.15) is 0 Å². The molecule has 0 N–H and O–H groups in total. The summed E-state index contributed by atoms with van der Waals surface area (Å²) in [6.45, 7) is 6.50. The highest BCUT2D eigenvalue weighted by Crippen LogP contribution is 2.04. The van der Waals surface area contributed by atoms with Gasteiger partial charge in [-0.25, -0.2) is 0 Å². The van der Waals surface area contributed by atoms with Gasteiger partial charge in [-0.15, -0.1) is 10.6 Å². The van der Waals surface area contributed by atoms with Crippen LogP contribution >= 0.6 is 0 Å². The Hall–Kier alpha value is 0.492. The Balaban J connectivity index is 0.000000217. The highest BCUT2D eigenvalue weighted by atomic mass is 27.1. The monoisotopic (exact) mass is 185 g/mol. The topological polar surface area (TPSA) is 9.23 Å². The standard InChI is InChI=1S/C6H12O.2C2H5.Al/c1-2-4-6-7-5-3-1;2*1-2;/h1-6H2;2*1H2,2H3;. The summed E-state index contributed by atoms with van der Waals surface area (Å²) >= 11 is 0.815. The zero-order valence-electron chi connectivity index (χ0n) is 8.64. The fraction of sp³-hybridized carbons (Fsp3) is 1.00. The lowest BCUT2D eigenvalue weighted by Crippen LogP contribution is -1.89. The van der Waals surface area contributed by atoms with Crippen molar-refractivity contribution in [2.24, 2.45) is 0 Å². The molecule has 0 aliphatic carbocycles. The molecule has 0 saturated carbocycles. The summed E-state index contributed by atoms with van der Waals surface area (Å²) in [7, 11) is 0. The van der Waals surface area contributed by atoms with E-state index in [9.17, 15) is 0 Å². The molecular weight excluding hydrogens is 163 g/mol. The number of hydrogen-bond acceptors (Lipinski definition) is 1. The zero-order chi connectivity index (χ0) is 9.07. The van der Waals surface area contributed by atoms with E-state index in [0.29, 0.717) is 0 Å². The van der Waals surface area contributed by atoms with Crippen LogP contribution in [0.1, 0.15) is 39.5 Å². The maximum absolute atomic E-state index is 5.19. The van der Waals surface area contributed by atoms with Crippen LogP contribution in [-0.4, -0.2) is 28.4 Å². The SMILES string of the molecule is C1CCCOCC1.C[CH2][Al][CH2]C. The quantitative estimate of drug-likeness (QED) is 0.600. The summed E-state index contributed by atoms with van der Waals surface area (Å²) in [5.41, 5.74) is 0. The normalized spacial score (nSPS) is 17.2. The van der Waals surface area contributed by atoms with E-state index in [0.717, 1.165) is 28.4 Å². The third-order valence-electron chi connectivity index (χ3n) is 1.90. The van der Waals surface area contributed by atoms with E-state index < -0.39 is 0 Å². The molecule has 12 heavy (non-hydrogen) atoms. The lowest BCUT2D eigenvalue weighted by atomic mass is 10.2. The van der Waals surface area contributed by atoms with Crippen molar-refractivity contribution >= 4 is 15.2 Å². The summed E-state index contributed by atoms with van der Waals surface area (Å²) in [6.07, 6.45) is 5.31. The Labute approximate surface area is 83.6 Å². The van der Waals surface area contributed by atoms with Crippen molar-refractivity contribution in [2.45, 2.75) is 50.1 Å². The molecule has 0 bridgehead atoms.